The van der Waals surface area contributed by atoms with Gasteiger partial charge in [-0.15, -0.1) is 0 Å². The molecule has 1 amide bonds. The van der Waals surface area contributed by atoms with Gasteiger partial charge in [0.15, 0.2) is 0 Å². The highest BCUT2D eigenvalue weighted by atomic mass is 35.5. The summed E-state index contributed by atoms with van der Waals surface area (Å²) in [5.41, 5.74) is 4.12. The summed E-state index contributed by atoms with van der Waals surface area (Å²) in [5, 5.41) is 3.62. The molecule has 3 rings (SSSR count). The molecule has 0 aliphatic rings. The van der Waals surface area contributed by atoms with Crippen molar-refractivity contribution in [3.05, 3.63) is 101 Å². The van der Waals surface area contributed by atoms with Crippen LogP contribution in [0.4, 0.5) is 5.69 Å². The quantitative estimate of drug-likeness (QED) is 0.605. The number of amides is 1. The average molecular weight is 364 g/mol. The van der Waals surface area contributed by atoms with Crippen molar-refractivity contribution in [1.29, 1.82) is 0 Å². The van der Waals surface area contributed by atoms with E-state index in [4.69, 9.17) is 11.6 Å². The first-order valence-corrected chi connectivity index (χ1v) is 9.03. The van der Waals surface area contributed by atoms with Crippen molar-refractivity contribution in [2.24, 2.45) is 0 Å². The third kappa shape index (κ3) is 4.33. The number of rotatable bonds is 5. The molecule has 0 unspecified atom stereocenters. The Bertz CT molecular complexity index is 868. The van der Waals surface area contributed by atoms with Gasteiger partial charge in [0, 0.05) is 16.1 Å². The van der Waals surface area contributed by atoms with Crippen molar-refractivity contribution >= 4 is 23.2 Å². The Hall–Kier alpha value is -2.58. The highest BCUT2D eigenvalue weighted by Gasteiger charge is 2.22. The standard InChI is InChI=1S/C23H22ClNO/c1-23(2,18-6-4-3-5-7-18)19-10-14-21(15-11-19)25-22(26)16-17-8-12-20(24)13-9-17/h3-15H,16H2,1-2H3,(H,25,26). The number of halogens is 1. The fraction of sp³-hybridized carbons (Fsp3) is 0.174. The molecule has 0 aromatic heterocycles. The van der Waals surface area contributed by atoms with Gasteiger partial charge in [-0.3, -0.25) is 4.79 Å². The molecule has 0 aliphatic heterocycles. The molecule has 1 N–H and O–H groups in total. The van der Waals surface area contributed by atoms with Gasteiger partial charge in [0.2, 0.25) is 5.91 Å². The number of hydrogen-bond donors (Lipinski definition) is 1. The first-order valence-electron chi connectivity index (χ1n) is 8.65. The summed E-state index contributed by atoms with van der Waals surface area (Å²) >= 11 is 5.87. The van der Waals surface area contributed by atoms with E-state index in [9.17, 15) is 4.79 Å². The van der Waals surface area contributed by atoms with Crippen LogP contribution in [0.1, 0.15) is 30.5 Å². The Morgan fingerprint density at radius 1 is 0.846 bits per heavy atom. The van der Waals surface area contributed by atoms with Crippen LogP contribution in [0, 0.1) is 0 Å². The van der Waals surface area contributed by atoms with Crippen molar-refractivity contribution in [3.8, 4) is 0 Å². The Balaban J connectivity index is 1.67. The smallest absolute Gasteiger partial charge is 0.228 e. The molecular formula is C23H22ClNO. The molecule has 0 atom stereocenters. The van der Waals surface area contributed by atoms with E-state index < -0.39 is 0 Å². The number of benzene rings is 3. The molecule has 0 aliphatic carbocycles. The SMILES string of the molecule is CC(C)(c1ccccc1)c1ccc(NC(=O)Cc2ccc(Cl)cc2)cc1. The Kier molecular flexibility index (Phi) is 5.43. The van der Waals surface area contributed by atoms with Crippen LogP contribution >= 0.6 is 11.6 Å². The van der Waals surface area contributed by atoms with Crippen molar-refractivity contribution < 1.29 is 4.79 Å². The predicted octanol–water partition coefficient (Wildman–Crippen LogP) is 5.85. The highest BCUT2D eigenvalue weighted by molar-refractivity contribution is 6.30. The van der Waals surface area contributed by atoms with Gasteiger partial charge in [0.1, 0.15) is 0 Å². The van der Waals surface area contributed by atoms with E-state index in [1.165, 1.54) is 11.1 Å². The molecule has 3 aromatic carbocycles. The summed E-state index contributed by atoms with van der Waals surface area (Å²) < 4.78 is 0. The molecule has 0 bridgehead atoms. The lowest BCUT2D eigenvalue weighted by Gasteiger charge is -2.26. The second kappa shape index (κ2) is 7.76. The molecular weight excluding hydrogens is 342 g/mol. The molecule has 3 aromatic rings. The summed E-state index contributed by atoms with van der Waals surface area (Å²) in [4.78, 5) is 12.2. The lowest BCUT2D eigenvalue weighted by atomic mass is 9.78. The number of anilines is 1. The fourth-order valence-corrected chi connectivity index (χ4v) is 3.11. The van der Waals surface area contributed by atoms with E-state index >= 15 is 0 Å². The highest BCUT2D eigenvalue weighted by Crippen LogP contribution is 2.31. The van der Waals surface area contributed by atoms with E-state index in [1.54, 1.807) is 12.1 Å². The topological polar surface area (TPSA) is 29.1 Å². The number of carbonyl (C=O) groups excluding carboxylic acids is 1. The van der Waals surface area contributed by atoms with Gasteiger partial charge in [0.05, 0.1) is 6.42 Å². The number of hydrogen-bond acceptors (Lipinski definition) is 1. The largest absolute Gasteiger partial charge is 0.326 e. The van der Waals surface area contributed by atoms with Gasteiger partial charge < -0.3 is 5.32 Å². The predicted molar refractivity (Wildman–Crippen MR) is 109 cm³/mol. The van der Waals surface area contributed by atoms with Crippen LogP contribution in [0.3, 0.4) is 0 Å². The lowest BCUT2D eigenvalue weighted by molar-refractivity contribution is -0.115. The van der Waals surface area contributed by atoms with E-state index in [-0.39, 0.29) is 11.3 Å². The molecule has 132 valence electrons. The molecule has 0 saturated heterocycles. The van der Waals surface area contributed by atoms with Crippen molar-refractivity contribution in [3.63, 3.8) is 0 Å². The van der Waals surface area contributed by atoms with Crippen molar-refractivity contribution in [1.82, 2.24) is 0 Å². The number of nitrogens with one attached hydrogen (secondary N) is 1. The second-order valence-corrected chi connectivity index (χ2v) is 7.36. The van der Waals surface area contributed by atoms with Crippen LogP contribution in [0.25, 0.3) is 0 Å². The third-order valence-corrected chi connectivity index (χ3v) is 4.92. The summed E-state index contributed by atoms with van der Waals surface area (Å²) in [6.07, 6.45) is 0.328. The third-order valence-electron chi connectivity index (χ3n) is 4.66. The zero-order valence-electron chi connectivity index (χ0n) is 15.0. The molecule has 2 nitrogen and oxygen atoms in total. The monoisotopic (exact) mass is 363 g/mol. The van der Waals surface area contributed by atoms with Gasteiger partial charge in [0.25, 0.3) is 0 Å². The van der Waals surface area contributed by atoms with Gasteiger partial charge in [-0.2, -0.15) is 0 Å². The zero-order chi connectivity index (χ0) is 18.6. The number of carbonyl (C=O) groups is 1. The molecule has 26 heavy (non-hydrogen) atoms. The van der Waals surface area contributed by atoms with E-state index in [0.29, 0.717) is 11.4 Å². The van der Waals surface area contributed by atoms with Gasteiger partial charge in [-0.05, 0) is 41.0 Å². The van der Waals surface area contributed by atoms with Crippen LogP contribution in [0.15, 0.2) is 78.9 Å². The Morgan fingerprint density at radius 3 is 2.04 bits per heavy atom. The first kappa shape index (κ1) is 18.2. The van der Waals surface area contributed by atoms with Crippen LogP contribution in [-0.2, 0) is 16.6 Å². The van der Waals surface area contributed by atoms with Gasteiger partial charge in [-0.1, -0.05) is 80.0 Å². The molecule has 3 heteroatoms. The minimum absolute atomic E-state index is 0.0395. The van der Waals surface area contributed by atoms with Crippen molar-refractivity contribution in [2.45, 2.75) is 25.7 Å². The molecule has 0 radical (unpaired) electrons. The van der Waals surface area contributed by atoms with Crippen molar-refractivity contribution in [2.75, 3.05) is 5.32 Å². The fourth-order valence-electron chi connectivity index (χ4n) is 2.98. The second-order valence-electron chi connectivity index (χ2n) is 6.92. The maximum atomic E-state index is 12.2. The molecule has 0 fully saturated rings. The Morgan fingerprint density at radius 2 is 1.42 bits per heavy atom. The van der Waals surface area contributed by atoms with E-state index in [0.717, 1.165) is 11.3 Å². The van der Waals surface area contributed by atoms with Crippen LogP contribution in [-0.4, -0.2) is 5.91 Å². The van der Waals surface area contributed by atoms with E-state index in [2.05, 4.69) is 55.6 Å². The minimum atomic E-state index is -0.0902. The summed E-state index contributed by atoms with van der Waals surface area (Å²) in [6, 6.07) is 25.8. The maximum Gasteiger partial charge on any atom is 0.228 e. The molecule has 0 spiro atoms. The van der Waals surface area contributed by atoms with E-state index in [1.807, 2.05) is 30.3 Å². The maximum absolute atomic E-state index is 12.2. The van der Waals surface area contributed by atoms with Crippen LogP contribution in [0.2, 0.25) is 5.02 Å². The van der Waals surface area contributed by atoms with Crippen LogP contribution in [0.5, 0.6) is 0 Å². The van der Waals surface area contributed by atoms with Gasteiger partial charge >= 0.3 is 0 Å². The molecule has 0 saturated carbocycles. The normalized spacial score (nSPS) is 11.2. The summed E-state index contributed by atoms with van der Waals surface area (Å²) in [7, 11) is 0. The first-order chi connectivity index (χ1) is 12.4. The minimum Gasteiger partial charge on any atom is -0.326 e. The van der Waals surface area contributed by atoms with Crippen LogP contribution < -0.4 is 5.32 Å². The lowest BCUT2D eigenvalue weighted by Crippen LogP contribution is -2.19. The average Bonchev–Trinajstić information content (AvgIpc) is 2.65. The Labute approximate surface area is 159 Å². The summed E-state index contributed by atoms with van der Waals surface area (Å²) in [5.74, 6) is -0.0395. The molecule has 0 heterocycles. The zero-order valence-corrected chi connectivity index (χ0v) is 15.8. The van der Waals surface area contributed by atoms with Gasteiger partial charge in [-0.25, -0.2) is 0 Å². The summed E-state index contributed by atoms with van der Waals surface area (Å²) in [6.45, 7) is 4.41.